The predicted octanol–water partition coefficient (Wildman–Crippen LogP) is 6.86. The van der Waals surface area contributed by atoms with E-state index in [2.05, 4.69) is 80.6 Å². The van der Waals surface area contributed by atoms with Crippen molar-refractivity contribution in [3.8, 4) is 11.4 Å². The summed E-state index contributed by atoms with van der Waals surface area (Å²) in [6.45, 7) is 0. The van der Waals surface area contributed by atoms with Gasteiger partial charge in [-0.3, -0.25) is 4.98 Å². The second-order valence-corrected chi connectivity index (χ2v) is 9.44. The van der Waals surface area contributed by atoms with Crippen LogP contribution in [0.3, 0.4) is 0 Å². The average molecular weight is 511 g/mol. The molecule has 6 rings (SSSR count). The predicted molar refractivity (Wildman–Crippen MR) is 149 cm³/mol. The number of benzene rings is 3. The summed E-state index contributed by atoms with van der Waals surface area (Å²) in [5, 5.41) is 7.06. The molecule has 1 fully saturated rings. The molecule has 1 N–H and O–H groups in total. The highest BCUT2D eigenvalue weighted by molar-refractivity contribution is 7.80. The molecule has 3 heterocycles. The maximum absolute atomic E-state index is 6.53. The first-order valence-corrected chi connectivity index (χ1v) is 12.4. The highest BCUT2D eigenvalue weighted by Crippen LogP contribution is 2.43. The van der Waals surface area contributed by atoms with Crippen LogP contribution in [0.4, 0.5) is 5.69 Å². The van der Waals surface area contributed by atoms with E-state index < -0.39 is 0 Å². The van der Waals surface area contributed by atoms with Crippen LogP contribution in [-0.2, 0) is 0 Å². The quantitative estimate of drug-likeness (QED) is 0.261. The lowest BCUT2D eigenvalue weighted by atomic mass is 10.0. The summed E-state index contributed by atoms with van der Waals surface area (Å²) in [6.07, 6.45) is 3.90. The molecule has 178 valence electrons. The third-order valence-corrected chi connectivity index (χ3v) is 7.22. The van der Waals surface area contributed by atoms with Gasteiger partial charge in [0.15, 0.2) is 5.11 Å². The maximum Gasteiger partial charge on any atom is 0.174 e. The van der Waals surface area contributed by atoms with Gasteiger partial charge in [-0.15, -0.1) is 0 Å². The van der Waals surface area contributed by atoms with Crippen LogP contribution < -0.4 is 15.0 Å². The number of anilines is 1. The Morgan fingerprint density at radius 1 is 0.889 bits per heavy atom. The molecular weight excluding hydrogens is 488 g/mol. The average Bonchev–Trinajstić information content (AvgIpc) is 3.53. The van der Waals surface area contributed by atoms with Gasteiger partial charge in [0.25, 0.3) is 0 Å². The van der Waals surface area contributed by atoms with E-state index in [4.69, 9.17) is 28.6 Å². The Hall–Kier alpha value is -3.87. The number of ether oxygens (including phenoxy) is 1. The molecule has 2 aromatic heterocycles. The third-order valence-electron chi connectivity index (χ3n) is 6.61. The molecule has 0 unspecified atom stereocenters. The minimum absolute atomic E-state index is 0.159. The van der Waals surface area contributed by atoms with Gasteiger partial charge < -0.3 is 19.5 Å². The molecule has 3 aromatic carbocycles. The zero-order valence-corrected chi connectivity index (χ0v) is 21.1. The molecule has 1 aliphatic rings. The van der Waals surface area contributed by atoms with Gasteiger partial charge in [0.05, 0.1) is 23.9 Å². The number of thiocarbonyl (C=S) groups is 1. The highest BCUT2D eigenvalue weighted by Gasteiger charge is 2.42. The van der Waals surface area contributed by atoms with Crippen LogP contribution in [0.25, 0.3) is 16.5 Å². The van der Waals surface area contributed by atoms with Crippen LogP contribution in [0.2, 0.25) is 5.02 Å². The highest BCUT2D eigenvalue weighted by atomic mass is 35.5. The van der Waals surface area contributed by atoms with Crippen molar-refractivity contribution in [1.29, 1.82) is 0 Å². The van der Waals surface area contributed by atoms with E-state index >= 15 is 0 Å². The SMILES string of the molecule is COc1ccc(N2C(=S)N[C@@H](c3ccccn3)[C@H]2c2cccn2-c2ccc3ccccc3c2)cc1Cl. The molecule has 0 aliphatic carbocycles. The van der Waals surface area contributed by atoms with Crippen molar-refractivity contribution in [2.24, 2.45) is 0 Å². The van der Waals surface area contributed by atoms with Crippen LogP contribution in [-0.4, -0.2) is 21.8 Å². The number of hydrogen-bond donors (Lipinski definition) is 1. The van der Waals surface area contributed by atoms with Crippen LogP contribution in [0, 0.1) is 0 Å². The lowest BCUT2D eigenvalue weighted by Crippen LogP contribution is -2.30. The fraction of sp³-hybridized carbons (Fsp3) is 0.103. The molecule has 2 atom stereocenters. The number of aromatic nitrogens is 2. The van der Waals surface area contributed by atoms with Gasteiger partial charge in [-0.05, 0) is 77.6 Å². The topological polar surface area (TPSA) is 42.3 Å². The Morgan fingerprint density at radius 2 is 1.69 bits per heavy atom. The van der Waals surface area contributed by atoms with Crippen molar-refractivity contribution in [3.05, 3.63) is 120 Å². The Bertz CT molecular complexity index is 1570. The summed E-state index contributed by atoms with van der Waals surface area (Å²) < 4.78 is 7.60. The minimum atomic E-state index is -0.168. The van der Waals surface area contributed by atoms with Crippen molar-refractivity contribution in [1.82, 2.24) is 14.9 Å². The lowest BCUT2D eigenvalue weighted by molar-refractivity contribution is 0.415. The van der Waals surface area contributed by atoms with E-state index in [0.717, 1.165) is 22.8 Å². The number of pyridine rings is 1. The van der Waals surface area contributed by atoms with Crippen molar-refractivity contribution < 1.29 is 4.74 Å². The molecule has 7 heteroatoms. The number of rotatable bonds is 5. The standard InChI is InChI=1S/C29H23ClN4OS/c1-35-26-14-13-22(18-23(26)30)34-28(27(32-29(34)36)24-9-4-5-15-31-24)25-10-6-16-33(25)21-12-11-19-7-2-3-8-20(19)17-21/h2-18,27-28H,1H3,(H,32,36)/t27-,28+/m0/s1. The summed E-state index contributed by atoms with van der Waals surface area (Å²) >= 11 is 12.4. The van der Waals surface area contributed by atoms with Crippen LogP contribution >= 0.6 is 23.8 Å². The van der Waals surface area contributed by atoms with Crippen molar-refractivity contribution in [2.45, 2.75) is 12.1 Å². The normalized spacial score (nSPS) is 17.4. The summed E-state index contributed by atoms with van der Waals surface area (Å²) in [5.41, 5.74) is 3.96. The fourth-order valence-corrected chi connectivity index (χ4v) is 5.53. The number of methoxy groups -OCH3 is 1. The second-order valence-electron chi connectivity index (χ2n) is 8.65. The fourth-order valence-electron chi connectivity index (χ4n) is 4.94. The maximum atomic E-state index is 6.53. The molecule has 5 nitrogen and oxygen atoms in total. The van der Waals surface area contributed by atoms with Crippen molar-refractivity contribution >= 4 is 45.4 Å². The van der Waals surface area contributed by atoms with Crippen molar-refractivity contribution in [2.75, 3.05) is 12.0 Å². The first-order valence-electron chi connectivity index (χ1n) is 11.6. The Morgan fingerprint density at radius 3 is 2.47 bits per heavy atom. The molecule has 0 bridgehead atoms. The Balaban J connectivity index is 1.51. The zero-order chi connectivity index (χ0) is 24.6. The Kier molecular flexibility index (Phi) is 5.83. The monoisotopic (exact) mass is 510 g/mol. The van der Waals surface area contributed by atoms with Gasteiger partial charge in [-0.1, -0.05) is 48.0 Å². The van der Waals surface area contributed by atoms with E-state index in [1.807, 2.05) is 42.6 Å². The van der Waals surface area contributed by atoms with Gasteiger partial charge in [0.2, 0.25) is 0 Å². The first-order chi connectivity index (χ1) is 17.6. The summed E-state index contributed by atoms with van der Waals surface area (Å²) in [6, 6.07) is 30.5. The smallest absolute Gasteiger partial charge is 0.174 e. The van der Waals surface area contributed by atoms with Gasteiger partial charge >= 0.3 is 0 Å². The largest absolute Gasteiger partial charge is 0.495 e. The molecule has 36 heavy (non-hydrogen) atoms. The Labute approximate surface area is 219 Å². The van der Waals surface area contributed by atoms with E-state index in [1.165, 1.54) is 10.8 Å². The van der Waals surface area contributed by atoms with E-state index in [9.17, 15) is 0 Å². The number of nitrogens with one attached hydrogen (secondary N) is 1. The van der Waals surface area contributed by atoms with Crippen LogP contribution in [0.15, 0.2) is 103 Å². The van der Waals surface area contributed by atoms with E-state index in [0.29, 0.717) is 15.9 Å². The number of nitrogens with zero attached hydrogens (tertiary/aromatic N) is 3. The zero-order valence-electron chi connectivity index (χ0n) is 19.5. The third kappa shape index (κ3) is 3.88. The molecule has 0 saturated carbocycles. The minimum Gasteiger partial charge on any atom is -0.495 e. The first kappa shape index (κ1) is 22.6. The van der Waals surface area contributed by atoms with Crippen molar-refractivity contribution in [3.63, 3.8) is 0 Å². The summed E-state index contributed by atoms with van der Waals surface area (Å²) in [5.74, 6) is 0.621. The molecular formula is C29H23ClN4OS. The van der Waals surface area contributed by atoms with Gasteiger partial charge in [0.1, 0.15) is 11.8 Å². The molecule has 0 radical (unpaired) electrons. The second kappa shape index (κ2) is 9.30. The summed E-state index contributed by atoms with van der Waals surface area (Å²) in [4.78, 5) is 6.79. The molecule has 1 aliphatic heterocycles. The number of fused-ring (bicyclic) bond motifs is 1. The molecule has 5 aromatic rings. The molecule has 0 amide bonds. The van der Waals surface area contributed by atoms with Crippen LogP contribution in [0.1, 0.15) is 23.5 Å². The molecule has 0 spiro atoms. The van der Waals surface area contributed by atoms with E-state index in [-0.39, 0.29) is 12.1 Å². The number of hydrogen-bond acceptors (Lipinski definition) is 3. The van der Waals surface area contributed by atoms with Gasteiger partial charge in [0, 0.05) is 29.5 Å². The van der Waals surface area contributed by atoms with Gasteiger partial charge in [-0.25, -0.2) is 0 Å². The molecule has 1 saturated heterocycles. The lowest BCUT2D eigenvalue weighted by Gasteiger charge is -2.29. The number of halogens is 1. The van der Waals surface area contributed by atoms with Crippen LogP contribution in [0.5, 0.6) is 5.75 Å². The summed E-state index contributed by atoms with van der Waals surface area (Å²) in [7, 11) is 1.61. The van der Waals surface area contributed by atoms with E-state index in [1.54, 1.807) is 7.11 Å². The van der Waals surface area contributed by atoms with Gasteiger partial charge in [-0.2, -0.15) is 0 Å².